The van der Waals surface area contributed by atoms with Crippen molar-refractivity contribution in [1.29, 1.82) is 0 Å². The second-order valence-electron chi connectivity index (χ2n) is 4.36. The number of carbonyl (C=O) groups excluding carboxylic acids is 1. The maximum Gasteiger partial charge on any atom is 0.448 e. The number of carbonyl (C=O) groups is 1. The zero-order chi connectivity index (χ0) is 12.7. The fourth-order valence-corrected chi connectivity index (χ4v) is 2.28. The molecule has 0 aliphatic heterocycles. The van der Waals surface area contributed by atoms with E-state index < -0.39 is 34.4 Å². The van der Waals surface area contributed by atoms with Gasteiger partial charge in [0.15, 0.2) is 5.76 Å². The largest absolute Gasteiger partial charge is 0.492 e. The average Bonchev–Trinajstić information content (AvgIpc) is 2.61. The van der Waals surface area contributed by atoms with Crippen molar-refractivity contribution >= 4 is 16.8 Å². The molecule has 0 amide bonds. The number of rotatable bonds is 3. The molecule has 92 valence electrons. The Labute approximate surface area is 96.4 Å². The number of methoxy groups -OCH3 is 1. The van der Waals surface area contributed by atoms with E-state index in [2.05, 4.69) is 4.74 Å². The van der Waals surface area contributed by atoms with Gasteiger partial charge in [0.2, 0.25) is 5.24 Å². The molecular weight excluding hydrogens is 245 g/mol. The summed E-state index contributed by atoms with van der Waals surface area (Å²) in [6.45, 7) is 3.39. The molecule has 1 fully saturated rings. The van der Waals surface area contributed by atoms with E-state index in [1.165, 1.54) is 0 Å². The number of ether oxygens (including phenoxy) is 1. The van der Waals surface area contributed by atoms with Crippen LogP contribution in [0.5, 0.6) is 0 Å². The minimum absolute atomic E-state index is 0.519. The third kappa shape index (κ3) is 2.34. The van der Waals surface area contributed by atoms with Crippen molar-refractivity contribution in [2.75, 3.05) is 7.11 Å². The van der Waals surface area contributed by atoms with Gasteiger partial charge in [0.25, 0.3) is 0 Å². The van der Waals surface area contributed by atoms with Gasteiger partial charge in [0, 0.05) is 5.92 Å². The Morgan fingerprint density at radius 2 is 1.94 bits per heavy atom. The lowest BCUT2D eigenvalue weighted by Crippen LogP contribution is -2.14. The van der Waals surface area contributed by atoms with Gasteiger partial charge in [0.05, 0.1) is 7.11 Å². The first-order valence-electron chi connectivity index (χ1n) is 4.64. The van der Waals surface area contributed by atoms with E-state index in [1.807, 2.05) is 0 Å². The Hall–Kier alpha value is -0.710. The van der Waals surface area contributed by atoms with Crippen molar-refractivity contribution in [3.8, 4) is 0 Å². The molecule has 16 heavy (non-hydrogen) atoms. The summed E-state index contributed by atoms with van der Waals surface area (Å²) in [5.74, 6) is -2.17. The maximum absolute atomic E-state index is 12.4. The number of halogens is 4. The van der Waals surface area contributed by atoms with E-state index in [-0.39, 0.29) is 0 Å². The van der Waals surface area contributed by atoms with Crippen molar-refractivity contribution in [2.24, 2.45) is 17.3 Å². The first-order chi connectivity index (χ1) is 7.12. The topological polar surface area (TPSA) is 26.3 Å². The van der Waals surface area contributed by atoms with Gasteiger partial charge in [-0.1, -0.05) is 13.8 Å². The van der Waals surface area contributed by atoms with Crippen molar-refractivity contribution < 1.29 is 22.7 Å². The molecule has 2 atom stereocenters. The fraction of sp³-hybridized carbons (Fsp3) is 0.700. The van der Waals surface area contributed by atoms with Crippen molar-refractivity contribution in [1.82, 2.24) is 0 Å². The predicted molar refractivity (Wildman–Crippen MR) is 52.8 cm³/mol. The highest BCUT2D eigenvalue weighted by atomic mass is 35.5. The summed E-state index contributed by atoms with van der Waals surface area (Å²) >= 11 is 5.31. The molecule has 1 aliphatic carbocycles. The van der Waals surface area contributed by atoms with Crippen LogP contribution in [0.15, 0.2) is 11.8 Å². The molecular formula is C10H12ClF3O2. The fourth-order valence-electron chi connectivity index (χ4n) is 1.86. The van der Waals surface area contributed by atoms with Crippen LogP contribution in [0, 0.1) is 17.3 Å². The Bertz CT molecular complexity index is 333. The molecule has 0 heterocycles. The first-order valence-corrected chi connectivity index (χ1v) is 5.02. The monoisotopic (exact) mass is 256 g/mol. The average molecular weight is 257 g/mol. The van der Waals surface area contributed by atoms with Crippen LogP contribution in [0.4, 0.5) is 13.2 Å². The summed E-state index contributed by atoms with van der Waals surface area (Å²) in [4.78, 5) is 11.0. The number of hydrogen-bond donors (Lipinski definition) is 0. The van der Waals surface area contributed by atoms with E-state index in [9.17, 15) is 18.0 Å². The van der Waals surface area contributed by atoms with E-state index in [0.717, 1.165) is 13.2 Å². The van der Waals surface area contributed by atoms with Gasteiger partial charge in [0.1, 0.15) is 0 Å². The zero-order valence-corrected chi connectivity index (χ0v) is 9.82. The van der Waals surface area contributed by atoms with Gasteiger partial charge in [-0.15, -0.1) is 0 Å². The SMILES string of the molecule is COC(=CC1C(C(=O)Cl)C1(C)C)C(F)(F)F. The zero-order valence-electron chi connectivity index (χ0n) is 9.06. The van der Waals surface area contributed by atoms with Gasteiger partial charge in [-0.25, -0.2) is 0 Å². The van der Waals surface area contributed by atoms with Crippen molar-refractivity contribution in [3.63, 3.8) is 0 Å². The lowest BCUT2D eigenvalue weighted by molar-refractivity contribution is -0.126. The lowest BCUT2D eigenvalue weighted by atomic mass is 10.1. The first kappa shape index (κ1) is 13.4. The molecule has 0 spiro atoms. The van der Waals surface area contributed by atoms with Gasteiger partial charge in [-0.3, -0.25) is 4.79 Å². The van der Waals surface area contributed by atoms with Crippen LogP contribution in [0.3, 0.4) is 0 Å². The third-order valence-corrected chi connectivity index (χ3v) is 3.22. The van der Waals surface area contributed by atoms with Crippen LogP contribution in [0.2, 0.25) is 0 Å². The molecule has 0 aromatic carbocycles. The molecule has 1 aliphatic rings. The summed E-state index contributed by atoms with van der Waals surface area (Å²) in [7, 11) is 0.951. The summed E-state index contributed by atoms with van der Waals surface area (Å²) in [6, 6.07) is 0. The molecule has 0 radical (unpaired) electrons. The van der Waals surface area contributed by atoms with Gasteiger partial charge in [-0.05, 0) is 29.0 Å². The molecule has 2 unspecified atom stereocenters. The second kappa shape index (κ2) is 3.95. The van der Waals surface area contributed by atoms with Gasteiger partial charge >= 0.3 is 6.18 Å². The predicted octanol–water partition coefficient (Wildman–Crippen LogP) is 3.12. The highest BCUT2D eigenvalue weighted by Crippen LogP contribution is 2.60. The Kier molecular flexibility index (Phi) is 3.29. The molecule has 0 saturated heterocycles. The maximum atomic E-state index is 12.4. The van der Waals surface area contributed by atoms with Gasteiger partial charge < -0.3 is 4.74 Å². The number of alkyl halides is 3. The van der Waals surface area contributed by atoms with Crippen molar-refractivity contribution in [2.45, 2.75) is 20.0 Å². The number of allylic oxidation sites excluding steroid dienone is 2. The minimum Gasteiger partial charge on any atom is -0.492 e. The molecule has 1 rings (SSSR count). The smallest absolute Gasteiger partial charge is 0.448 e. The van der Waals surface area contributed by atoms with Crippen LogP contribution >= 0.6 is 11.6 Å². The number of hydrogen-bond acceptors (Lipinski definition) is 2. The lowest BCUT2D eigenvalue weighted by Gasteiger charge is -2.10. The van der Waals surface area contributed by atoms with Crippen molar-refractivity contribution in [3.05, 3.63) is 11.8 Å². The molecule has 0 aromatic rings. The van der Waals surface area contributed by atoms with Crippen LogP contribution in [-0.2, 0) is 9.53 Å². The van der Waals surface area contributed by atoms with E-state index >= 15 is 0 Å². The molecule has 1 saturated carbocycles. The summed E-state index contributed by atoms with van der Waals surface area (Å²) in [5.41, 5.74) is -0.534. The second-order valence-corrected chi connectivity index (χ2v) is 4.73. The van der Waals surface area contributed by atoms with Crippen LogP contribution < -0.4 is 0 Å². The Morgan fingerprint density at radius 3 is 2.19 bits per heavy atom. The van der Waals surface area contributed by atoms with Crippen LogP contribution in [-0.4, -0.2) is 18.5 Å². The van der Waals surface area contributed by atoms with E-state index in [4.69, 9.17) is 11.6 Å². The Balaban J connectivity index is 2.90. The quantitative estimate of drug-likeness (QED) is 0.573. The molecule has 0 bridgehead atoms. The Morgan fingerprint density at radius 1 is 1.44 bits per heavy atom. The normalized spacial score (nSPS) is 28.8. The molecule has 2 nitrogen and oxygen atoms in total. The molecule has 6 heteroatoms. The molecule has 0 N–H and O–H groups in total. The highest BCUT2D eigenvalue weighted by Gasteiger charge is 2.61. The summed E-state index contributed by atoms with van der Waals surface area (Å²) < 4.78 is 41.4. The van der Waals surface area contributed by atoms with E-state index in [1.54, 1.807) is 13.8 Å². The van der Waals surface area contributed by atoms with Crippen LogP contribution in [0.25, 0.3) is 0 Å². The molecule has 0 aromatic heterocycles. The van der Waals surface area contributed by atoms with Gasteiger partial charge in [-0.2, -0.15) is 13.2 Å². The van der Waals surface area contributed by atoms with E-state index in [0.29, 0.717) is 0 Å². The highest BCUT2D eigenvalue weighted by molar-refractivity contribution is 6.64. The standard InChI is InChI=1S/C10H12ClF3O2/c1-9(2)5(7(9)8(11)15)4-6(16-3)10(12,13)14/h4-5,7H,1-3H3. The third-order valence-electron chi connectivity index (χ3n) is 2.99. The minimum atomic E-state index is -4.53. The van der Waals surface area contributed by atoms with Crippen LogP contribution in [0.1, 0.15) is 13.8 Å². The summed E-state index contributed by atoms with van der Waals surface area (Å²) in [5, 5.41) is -0.608. The summed E-state index contributed by atoms with van der Waals surface area (Å²) in [6.07, 6.45) is -3.60.